The van der Waals surface area contributed by atoms with E-state index in [2.05, 4.69) is 0 Å². The first kappa shape index (κ1) is 23.7. The van der Waals surface area contributed by atoms with Crippen LogP contribution in [-0.2, 0) is 4.79 Å². The van der Waals surface area contributed by atoms with E-state index in [-0.39, 0.29) is 24.4 Å². The van der Waals surface area contributed by atoms with Gasteiger partial charge in [-0.1, -0.05) is 54.6 Å². The minimum Gasteiger partial charge on any atom is -0.293 e. The van der Waals surface area contributed by atoms with E-state index in [9.17, 15) is 19.2 Å². The standard InChI is InChI=1S/C30H23N3O4/c34-27-20-21-31(30(37)33(27)29(36)23-12-6-2-7-13-23)24-16-18-26(19-17-24)32(25-14-8-3-9-15-25)28(35)22-10-4-1-5-11-22/h1-19H,20-21H2. The summed E-state index contributed by atoms with van der Waals surface area (Å²) in [4.78, 5) is 55.8. The highest BCUT2D eigenvalue weighted by Crippen LogP contribution is 2.30. The summed E-state index contributed by atoms with van der Waals surface area (Å²) in [5.41, 5.74) is 2.63. The van der Waals surface area contributed by atoms with Gasteiger partial charge in [0.15, 0.2) is 0 Å². The van der Waals surface area contributed by atoms with Crippen LogP contribution in [0.5, 0.6) is 0 Å². The zero-order valence-electron chi connectivity index (χ0n) is 19.9. The number of imide groups is 3. The van der Waals surface area contributed by atoms with Crippen molar-refractivity contribution in [3.8, 4) is 0 Å². The second kappa shape index (κ2) is 10.3. The fourth-order valence-corrected chi connectivity index (χ4v) is 4.24. The summed E-state index contributed by atoms with van der Waals surface area (Å²) in [5, 5.41) is 0. The first-order chi connectivity index (χ1) is 18.0. The van der Waals surface area contributed by atoms with Crippen LogP contribution in [0.1, 0.15) is 27.1 Å². The van der Waals surface area contributed by atoms with E-state index in [1.54, 1.807) is 71.6 Å². The maximum Gasteiger partial charge on any atom is 0.338 e. The molecule has 1 fully saturated rings. The molecule has 7 heteroatoms. The Labute approximate surface area is 214 Å². The predicted molar refractivity (Wildman–Crippen MR) is 141 cm³/mol. The van der Waals surface area contributed by atoms with Crippen molar-refractivity contribution >= 4 is 40.8 Å². The van der Waals surface area contributed by atoms with E-state index in [0.717, 1.165) is 0 Å². The maximum absolute atomic E-state index is 13.5. The van der Waals surface area contributed by atoms with Crippen LogP contribution in [0.2, 0.25) is 0 Å². The molecule has 0 unspecified atom stereocenters. The molecule has 0 aliphatic carbocycles. The van der Waals surface area contributed by atoms with E-state index in [1.807, 2.05) is 48.5 Å². The zero-order chi connectivity index (χ0) is 25.8. The fourth-order valence-electron chi connectivity index (χ4n) is 4.24. The molecule has 1 heterocycles. The third-order valence-corrected chi connectivity index (χ3v) is 6.10. The summed E-state index contributed by atoms with van der Waals surface area (Å²) >= 11 is 0. The molecule has 1 saturated heterocycles. The minimum atomic E-state index is -0.696. The Balaban J connectivity index is 1.44. The Kier molecular flexibility index (Phi) is 6.59. The van der Waals surface area contributed by atoms with Crippen LogP contribution < -0.4 is 9.80 Å². The molecular weight excluding hydrogens is 466 g/mol. The van der Waals surface area contributed by atoms with Gasteiger partial charge in [0.2, 0.25) is 5.91 Å². The molecule has 0 atom stereocenters. The molecule has 1 aliphatic rings. The fraction of sp³-hybridized carbons (Fsp3) is 0.0667. The molecule has 4 aromatic carbocycles. The maximum atomic E-state index is 13.5. The number of rotatable bonds is 5. The summed E-state index contributed by atoms with van der Waals surface area (Å²) in [6, 6.07) is 32.7. The Morgan fingerprint density at radius 3 is 1.73 bits per heavy atom. The Hall–Kier alpha value is -5.04. The molecule has 0 N–H and O–H groups in total. The number of para-hydroxylation sites is 1. The Bertz CT molecular complexity index is 1440. The number of amides is 5. The molecule has 0 aromatic heterocycles. The molecule has 0 radical (unpaired) electrons. The highest BCUT2D eigenvalue weighted by Gasteiger charge is 2.37. The molecule has 0 spiro atoms. The van der Waals surface area contributed by atoms with Gasteiger partial charge in [-0.2, -0.15) is 4.90 Å². The third-order valence-electron chi connectivity index (χ3n) is 6.10. The summed E-state index contributed by atoms with van der Waals surface area (Å²) < 4.78 is 0. The monoisotopic (exact) mass is 489 g/mol. The number of hydrogen-bond acceptors (Lipinski definition) is 4. The topological polar surface area (TPSA) is 78.0 Å². The van der Waals surface area contributed by atoms with Gasteiger partial charge in [-0.15, -0.1) is 0 Å². The van der Waals surface area contributed by atoms with Crippen LogP contribution in [0.15, 0.2) is 115 Å². The number of carbonyl (C=O) groups is 4. The van der Waals surface area contributed by atoms with E-state index in [4.69, 9.17) is 0 Å². The highest BCUT2D eigenvalue weighted by molar-refractivity contribution is 6.21. The molecule has 182 valence electrons. The number of carbonyl (C=O) groups excluding carboxylic acids is 4. The summed E-state index contributed by atoms with van der Waals surface area (Å²) in [6.45, 7) is 0.154. The molecule has 5 rings (SSSR count). The number of benzene rings is 4. The van der Waals surface area contributed by atoms with Gasteiger partial charge in [0.25, 0.3) is 11.8 Å². The molecule has 4 aromatic rings. The van der Waals surface area contributed by atoms with Gasteiger partial charge in [0.05, 0.1) is 0 Å². The van der Waals surface area contributed by atoms with Gasteiger partial charge in [0, 0.05) is 41.2 Å². The smallest absolute Gasteiger partial charge is 0.293 e. The van der Waals surface area contributed by atoms with Crippen molar-refractivity contribution in [3.63, 3.8) is 0 Å². The van der Waals surface area contributed by atoms with E-state index in [0.29, 0.717) is 27.5 Å². The summed E-state index contributed by atoms with van der Waals surface area (Å²) in [5.74, 6) is -1.38. The van der Waals surface area contributed by atoms with Crippen molar-refractivity contribution < 1.29 is 19.2 Å². The largest absolute Gasteiger partial charge is 0.338 e. The van der Waals surface area contributed by atoms with E-state index in [1.165, 1.54) is 4.90 Å². The first-order valence-corrected chi connectivity index (χ1v) is 11.8. The van der Waals surface area contributed by atoms with Crippen LogP contribution in [-0.4, -0.2) is 35.2 Å². The molecule has 37 heavy (non-hydrogen) atoms. The van der Waals surface area contributed by atoms with Crippen molar-refractivity contribution in [1.82, 2.24) is 4.90 Å². The highest BCUT2D eigenvalue weighted by atomic mass is 16.2. The lowest BCUT2D eigenvalue weighted by molar-refractivity contribution is -0.126. The van der Waals surface area contributed by atoms with Gasteiger partial charge in [-0.3, -0.25) is 24.2 Å². The van der Waals surface area contributed by atoms with Crippen LogP contribution in [0, 0.1) is 0 Å². The van der Waals surface area contributed by atoms with E-state index < -0.39 is 17.8 Å². The van der Waals surface area contributed by atoms with Crippen LogP contribution in [0.4, 0.5) is 21.9 Å². The summed E-state index contributed by atoms with van der Waals surface area (Å²) in [7, 11) is 0. The molecule has 0 bridgehead atoms. The van der Waals surface area contributed by atoms with Crippen LogP contribution >= 0.6 is 0 Å². The first-order valence-electron chi connectivity index (χ1n) is 11.8. The van der Waals surface area contributed by atoms with Gasteiger partial charge in [-0.25, -0.2) is 4.79 Å². The zero-order valence-corrected chi connectivity index (χ0v) is 19.9. The molecule has 7 nitrogen and oxygen atoms in total. The van der Waals surface area contributed by atoms with Gasteiger partial charge in [-0.05, 0) is 60.7 Å². The van der Waals surface area contributed by atoms with Crippen molar-refractivity contribution in [2.45, 2.75) is 6.42 Å². The van der Waals surface area contributed by atoms with Crippen LogP contribution in [0.25, 0.3) is 0 Å². The van der Waals surface area contributed by atoms with Crippen molar-refractivity contribution in [3.05, 3.63) is 126 Å². The van der Waals surface area contributed by atoms with E-state index >= 15 is 0 Å². The molecule has 0 saturated carbocycles. The lowest BCUT2D eigenvalue weighted by Crippen LogP contribution is -2.54. The summed E-state index contributed by atoms with van der Waals surface area (Å²) in [6.07, 6.45) is 0.0225. The molecule has 1 aliphatic heterocycles. The third kappa shape index (κ3) is 4.75. The number of anilines is 3. The number of hydrogen-bond donors (Lipinski definition) is 0. The Morgan fingerprint density at radius 2 is 1.14 bits per heavy atom. The Morgan fingerprint density at radius 1 is 0.622 bits per heavy atom. The minimum absolute atomic E-state index is 0.0225. The quantitative estimate of drug-likeness (QED) is 0.339. The average Bonchev–Trinajstić information content (AvgIpc) is 2.95. The van der Waals surface area contributed by atoms with Crippen molar-refractivity contribution in [1.29, 1.82) is 0 Å². The second-order valence-electron chi connectivity index (χ2n) is 8.44. The number of urea groups is 1. The van der Waals surface area contributed by atoms with Crippen molar-refractivity contribution in [2.24, 2.45) is 0 Å². The van der Waals surface area contributed by atoms with Gasteiger partial charge in [0.1, 0.15) is 0 Å². The lowest BCUT2D eigenvalue weighted by Gasteiger charge is -2.33. The lowest BCUT2D eigenvalue weighted by atomic mass is 10.1. The van der Waals surface area contributed by atoms with Crippen molar-refractivity contribution in [2.75, 3.05) is 16.3 Å². The van der Waals surface area contributed by atoms with Crippen LogP contribution in [0.3, 0.4) is 0 Å². The second-order valence-corrected chi connectivity index (χ2v) is 8.44. The normalized spacial score (nSPS) is 13.4. The SMILES string of the molecule is O=C1CCN(c2ccc(N(C(=O)c3ccccc3)c3ccccc3)cc2)C(=O)N1C(=O)c1ccccc1. The number of nitrogens with zero attached hydrogens (tertiary/aromatic N) is 3. The average molecular weight is 490 g/mol. The predicted octanol–water partition coefficient (Wildman–Crippen LogP) is 5.66. The molecule has 5 amide bonds. The van der Waals surface area contributed by atoms with Gasteiger partial charge < -0.3 is 0 Å². The molecular formula is C30H23N3O4. The van der Waals surface area contributed by atoms with Gasteiger partial charge >= 0.3 is 6.03 Å².